The Bertz CT molecular complexity index is 1200. The molecule has 1 saturated heterocycles. The van der Waals surface area contributed by atoms with Gasteiger partial charge in [-0.3, -0.25) is 14.5 Å². The van der Waals surface area contributed by atoms with E-state index < -0.39 is 17.7 Å². The Morgan fingerprint density at radius 1 is 1.12 bits per heavy atom. The van der Waals surface area contributed by atoms with Crippen molar-refractivity contribution < 1.29 is 23.8 Å². The molecule has 1 aliphatic rings. The number of hydrogen-bond acceptors (Lipinski definition) is 5. The number of hydrogen-bond donors (Lipinski definition) is 1. The first-order valence-electron chi connectivity index (χ1n) is 10.1. The quantitative estimate of drug-likeness (QED) is 0.306. The number of Topliss-reactive ketones (excluding diaryl/α,β-unsaturated/α-hetero) is 1. The molecule has 7 heteroatoms. The molecule has 2 aromatic carbocycles. The number of benzene rings is 2. The van der Waals surface area contributed by atoms with Gasteiger partial charge in [-0.2, -0.15) is 0 Å². The van der Waals surface area contributed by atoms with E-state index in [9.17, 15) is 14.7 Å². The van der Waals surface area contributed by atoms with Crippen LogP contribution >= 0.6 is 11.6 Å². The van der Waals surface area contributed by atoms with Gasteiger partial charge in [-0.05, 0) is 53.9 Å². The summed E-state index contributed by atoms with van der Waals surface area (Å²) >= 11 is 6.21. The number of carbonyl (C=O) groups excluding carboxylic acids is 2. The summed E-state index contributed by atoms with van der Waals surface area (Å²) in [5.41, 5.74) is 1.86. The van der Waals surface area contributed by atoms with Crippen molar-refractivity contribution in [1.29, 1.82) is 0 Å². The van der Waals surface area contributed by atoms with Crippen molar-refractivity contribution in [2.24, 2.45) is 0 Å². The molecule has 1 aliphatic heterocycles. The van der Waals surface area contributed by atoms with Gasteiger partial charge in [-0.1, -0.05) is 37.6 Å². The van der Waals surface area contributed by atoms with Crippen molar-refractivity contribution in [3.05, 3.63) is 88.3 Å². The Hall–Kier alpha value is -3.51. The van der Waals surface area contributed by atoms with Crippen LogP contribution in [0.5, 0.6) is 5.75 Å². The largest absolute Gasteiger partial charge is 0.507 e. The van der Waals surface area contributed by atoms with Gasteiger partial charge in [0.15, 0.2) is 0 Å². The average molecular weight is 452 g/mol. The number of rotatable bonds is 5. The molecule has 1 unspecified atom stereocenters. The lowest BCUT2D eigenvalue weighted by atomic mass is 9.98. The van der Waals surface area contributed by atoms with Crippen LogP contribution < -0.4 is 9.64 Å². The third-order valence-electron chi connectivity index (χ3n) is 5.52. The number of ketones is 1. The maximum absolute atomic E-state index is 13.1. The molecule has 0 aliphatic carbocycles. The molecule has 0 saturated carbocycles. The zero-order valence-corrected chi connectivity index (χ0v) is 18.6. The van der Waals surface area contributed by atoms with Gasteiger partial charge >= 0.3 is 0 Å². The number of amides is 1. The van der Waals surface area contributed by atoms with E-state index in [1.165, 1.54) is 24.3 Å². The summed E-state index contributed by atoms with van der Waals surface area (Å²) in [4.78, 5) is 27.5. The molecular weight excluding hydrogens is 430 g/mol. The van der Waals surface area contributed by atoms with Gasteiger partial charge < -0.3 is 14.3 Å². The van der Waals surface area contributed by atoms with Crippen molar-refractivity contribution in [2.45, 2.75) is 25.8 Å². The van der Waals surface area contributed by atoms with Crippen molar-refractivity contribution in [1.82, 2.24) is 0 Å². The normalized spacial score (nSPS) is 17.9. The minimum atomic E-state index is -0.921. The van der Waals surface area contributed by atoms with Crippen LogP contribution in [-0.2, 0) is 9.59 Å². The van der Waals surface area contributed by atoms with Crippen LogP contribution in [0.2, 0.25) is 5.02 Å². The second-order valence-electron chi connectivity index (χ2n) is 7.78. The highest BCUT2D eigenvalue weighted by atomic mass is 35.5. The molecule has 1 aromatic heterocycles. The van der Waals surface area contributed by atoms with Gasteiger partial charge in [0.2, 0.25) is 0 Å². The second-order valence-corrected chi connectivity index (χ2v) is 8.19. The Morgan fingerprint density at radius 2 is 1.84 bits per heavy atom. The molecule has 6 nitrogen and oxygen atoms in total. The minimum Gasteiger partial charge on any atom is -0.507 e. The third-order valence-corrected chi connectivity index (χ3v) is 5.82. The first kappa shape index (κ1) is 21.7. The van der Waals surface area contributed by atoms with Gasteiger partial charge in [0.05, 0.1) is 24.0 Å². The van der Waals surface area contributed by atoms with E-state index in [-0.39, 0.29) is 16.4 Å². The van der Waals surface area contributed by atoms with Crippen molar-refractivity contribution in [3.8, 4) is 5.75 Å². The minimum absolute atomic E-state index is 0.0703. The highest BCUT2D eigenvalue weighted by Gasteiger charge is 2.48. The van der Waals surface area contributed by atoms with E-state index >= 15 is 0 Å². The fraction of sp³-hybridized carbons (Fsp3) is 0.200. The van der Waals surface area contributed by atoms with E-state index in [1.54, 1.807) is 36.4 Å². The molecule has 164 valence electrons. The Kier molecular flexibility index (Phi) is 5.80. The number of aliphatic hydroxyl groups excluding tert-OH is 1. The predicted molar refractivity (Wildman–Crippen MR) is 122 cm³/mol. The van der Waals surface area contributed by atoms with E-state index in [1.807, 2.05) is 12.1 Å². The summed E-state index contributed by atoms with van der Waals surface area (Å²) in [5, 5.41) is 11.4. The zero-order valence-electron chi connectivity index (χ0n) is 17.8. The molecule has 0 spiro atoms. The van der Waals surface area contributed by atoms with Gasteiger partial charge in [0, 0.05) is 11.3 Å². The van der Waals surface area contributed by atoms with Gasteiger partial charge in [0.25, 0.3) is 11.7 Å². The lowest BCUT2D eigenvalue weighted by Crippen LogP contribution is -2.29. The van der Waals surface area contributed by atoms with Crippen LogP contribution in [0.4, 0.5) is 5.69 Å². The predicted octanol–water partition coefficient (Wildman–Crippen LogP) is 5.69. The average Bonchev–Trinajstić information content (AvgIpc) is 3.40. The molecule has 1 fully saturated rings. The second kappa shape index (κ2) is 8.55. The lowest BCUT2D eigenvalue weighted by molar-refractivity contribution is -0.132. The summed E-state index contributed by atoms with van der Waals surface area (Å²) in [6, 6.07) is 14.5. The number of halogens is 1. The van der Waals surface area contributed by atoms with E-state index in [2.05, 4.69) is 13.8 Å². The van der Waals surface area contributed by atoms with Crippen LogP contribution in [0.3, 0.4) is 0 Å². The molecular formula is C25H22ClNO5. The third kappa shape index (κ3) is 3.67. The van der Waals surface area contributed by atoms with Gasteiger partial charge in [0.1, 0.15) is 23.3 Å². The first-order chi connectivity index (χ1) is 15.3. The standard InChI is InChI=1S/C25H22ClNO5/c1-14(2)15-6-9-17(10-7-15)27-22(20-5-4-12-32-20)21(24(29)25(27)30)23(28)16-8-11-19(31-3)18(26)13-16/h4-14,22,28H,1-3H3/b23-21-. The van der Waals surface area contributed by atoms with E-state index in [0.717, 1.165) is 5.56 Å². The smallest absolute Gasteiger partial charge is 0.300 e. The monoisotopic (exact) mass is 451 g/mol. The number of aliphatic hydroxyl groups is 1. The first-order valence-corrected chi connectivity index (χ1v) is 10.5. The molecule has 1 amide bonds. The Balaban J connectivity index is 1.87. The van der Waals surface area contributed by atoms with Crippen LogP contribution in [0.1, 0.15) is 42.7 Å². The fourth-order valence-electron chi connectivity index (χ4n) is 3.80. The highest BCUT2D eigenvalue weighted by Crippen LogP contribution is 2.43. The Morgan fingerprint density at radius 3 is 2.41 bits per heavy atom. The van der Waals surface area contributed by atoms with Crippen molar-refractivity contribution >= 4 is 34.7 Å². The number of carbonyl (C=O) groups is 2. The summed E-state index contributed by atoms with van der Waals surface area (Å²) in [6.07, 6.45) is 1.46. The molecule has 1 atom stereocenters. The Labute approximate surface area is 190 Å². The summed E-state index contributed by atoms with van der Waals surface area (Å²) in [7, 11) is 1.48. The van der Waals surface area contributed by atoms with Crippen LogP contribution in [0, 0.1) is 0 Å². The number of ether oxygens (including phenoxy) is 1. The van der Waals surface area contributed by atoms with Crippen molar-refractivity contribution in [3.63, 3.8) is 0 Å². The summed E-state index contributed by atoms with van der Waals surface area (Å²) in [6.45, 7) is 4.15. The number of furan rings is 1. The van der Waals surface area contributed by atoms with Gasteiger partial charge in [-0.15, -0.1) is 0 Å². The maximum Gasteiger partial charge on any atom is 0.300 e. The van der Waals surface area contributed by atoms with Crippen LogP contribution in [0.25, 0.3) is 5.76 Å². The van der Waals surface area contributed by atoms with Gasteiger partial charge in [-0.25, -0.2) is 0 Å². The highest BCUT2D eigenvalue weighted by molar-refractivity contribution is 6.51. The molecule has 32 heavy (non-hydrogen) atoms. The topological polar surface area (TPSA) is 80.0 Å². The molecule has 0 radical (unpaired) electrons. The van der Waals surface area contributed by atoms with Crippen LogP contribution in [-0.4, -0.2) is 23.9 Å². The molecule has 2 heterocycles. The molecule has 0 bridgehead atoms. The molecule has 1 N–H and O–H groups in total. The van der Waals surface area contributed by atoms with E-state index in [0.29, 0.717) is 28.7 Å². The number of anilines is 1. The van der Waals surface area contributed by atoms with E-state index in [4.69, 9.17) is 20.8 Å². The zero-order chi connectivity index (χ0) is 23.0. The number of methoxy groups -OCH3 is 1. The maximum atomic E-state index is 13.1. The SMILES string of the molecule is COc1ccc(/C(O)=C2/C(=O)C(=O)N(c3ccc(C(C)C)cc3)C2c2ccco2)cc1Cl. The lowest BCUT2D eigenvalue weighted by Gasteiger charge is -2.23. The summed E-state index contributed by atoms with van der Waals surface area (Å²) < 4.78 is 10.7. The fourth-order valence-corrected chi connectivity index (χ4v) is 4.06. The van der Waals surface area contributed by atoms with Crippen molar-refractivity contribution in [2.75, 3.05) is 12.0 Å². The van der Waals surface area contributed by atoms with Crippen LogP contribution in [0.15, 0.2) is 70.9 Å². The molecule has 4 rings (SSSR count). The number of nitrogens with zero attached hydrogens (tertiary/aromatic N) is 1. The molecule has 3 aromatic rings. The summed E-state index contributed by atoms with van der Waals surface area (Å²) in [5.74, 6) is -0.779.